The molecular weight excluding hydrogens is 351 g/mol. The molecule has 0 bridgehead atoms. The Bertz CT molecular complexity index is 804. The number of ether oxygens (including phenoxy) is 1. The van der Waals surface area contributed by atoms with E-state index in [1.54, 1.807) is 4.90 Å². The molecule has 2 aromatic heterocycles. The largest absolute Gasteiger partial charge is 0.417 e. The third-order valence-electron chi connectivity index (χ3n) is 4.59. The number of amides is 1. The lowest BCUT2D eigenvalue weighted by molar-refractivity contribution is -0.136. The van der Waals surface area contributed by atoms with Gasteiger partial charge in [-0.3, -0.25) is 4.79 Å². The lowest BCUT2D eigenvalue weighted by Crippen LogP contribution is -2.39. The van der Waals surface area contributed by atoms with Crippen molar-refractivity contribution in [3.63, 3.8) is 0 Å². The van der Waals surface area contributed by atoms with E-state index in [1.807, 2.05) is 0 Å². The monoisotopic (exact) mass is 371 g/mol. The van der Waals surface area contributed by atoms with Gasteiger partial charge in [0.25, 0.3) is 5.71 Å². The van der Waals surface area contributed by atoms with E-state index >= 15 is 0 Å². The fourth-order valence-electron chi connectivity index (χ4n) is 3.37. The highest BCUT2D eigenvalue weighted by molar-refractivity contribution is 5.82. The second-order valence-electron chi connectivity index (χ2n) is 6.48. The first-order valence-electron chi connectivity index (χ1n) is 8.42. The number of halogens is 3. The van der Waals surface area contributed by atoms with Crippen molar-refractivity contribution in [2.75, 3.05) is 26.8 Å². The number of aryl methyl sites for hydroxylation is 1. The Morgan fingerprint density at radius 1 is 1.46 bits per heavy atom. The van der Waals surface area contributed by atoms with Crippen LogP contribution in [0.5, 0.6) is 0 Å². The number of aromatic nitrogens is 2. The number of hydrogen-bond donors (Lipinski definition) is 0. The van der Waals surface area contributed by atoms with Crippen LogP contribution in [0.4, 0.5) is 13.2 Å². The highest BCUT2D eigenvalue weighted by atomic mass is 19.4. The van der Waals surface area contributed by atoms with Gasteiger partial charge in [0.15, 0.2) is 0 Å². The summed E-state index contributed by atoms with van der Waals surface area (Å²) in [5, 5.41) is 3.79. The first-order valence-corrected chi connectivity index (χ1v) is 8.42. The van der Waals surface area contributed by atoms with E-state index in [2.05, 4.69) is 10.1 Å². The van der Waals surface area contributed by atoms with E-state index < -0.39 is 11.7 Å². The van der Waals surface area contributed by atoms with Crippen molar-refractivity contribution in [2.45, 2.75) is 38.3 Å². The number of pyridine rings is 1. The summed E-state index contributed by atoms with van der Waals surface area (Å²) in [7, 11) is 1.52. The summed E-state index contributed by atoms with van der Waals surface area (Å²) in [6, 6.07) is 1.01. The quantitative estimate of drug-likeness (QED) is 0.825. The molecule has 3 rings (SSSR count). The van der Waals surface area contributed by atoms with Crippen LogP contribution in [-0.2, 0) is 15.7 Å². The molecule has 1 unspecified atom stereocenters. The fourth-order valence-corrected chi connectivity index (χ4v) is 3.37. The maximum atomic E-state index is 13.5. The first-order chi connectivity index (χ1) is 12.3. The molecule has 1 amide bonds. The zero-order chi connectivity index (χ0) is 18.9. The van der Waals surface area contributed by atoms with Crippen molar-refractivity contribution in [1.82, 2.24) is 15.0 Å². The Kier molecular flexibility index (Phi) is 5.17. The van der Waals surface area contributed by atoms with E-state index in [9.17, 15) is 18.0 Å². The number of fused-ring (bicyclic) bond motifs is 1. The molecule has 1 saturated heterocycles. The van der Waals surface area contributed by atoms with Crippen molar-refractivity contribution < 1.29 is 27.2 Å². The average Bonchev–Trinajstić information content (AvgIpc) is 3.01. The summed E-state index contributed by atoms with van der Waals surface area (Å²) < 4.78 is 50.5. The van der Waals surface area contributed by atoms with Gasteiger partial charge in [-0.1, -0.05) is 5.16 Å². The number of methoxy groups -OCH3 is 1. The molecule has 1 aliphatic heterocycles. The van der Waals surface area contributed by atoms with Crippen LogP contribution in [0.1, 0.15) is 42.1 Å². The number of hydrogen-bond acceptors (Lipinski definition) is 5. The SMILES string of the molecule is COCCC(=O)N1CCCC(c2noc3nc(C)cc(C(F)(F)F)c23)C1. The number of alkyl halides is 3. The predicted octanol–water partition coefficient (Wildman–Crippen LogP) is 3.29. The Labute approximate surface area is 148 Å². The van der Waals surface area contributed by atoms with Crippen LogP contribution in [0, 0.1) is 6.92 Å². The topological polar surface area (TPSA) is 68.5 Å². The second-order valence-corrected chi connectivity index (χ2v) is 6.48. The molecule has 0 saturated carbocycles. The third-order valence-corrected chi connectivity index (χ3v) is 4.59. The molecule has 0 spiro atoms. The molecule has 0 aliphatic carbocycles. The third kappa shape index (κ3) is 3.67. The van der Waals surface area contributed by atoms with Crippen LogP contribution in [-0.4, -0.2) is 47.8 Å². The molecule has 1 aliphatic rings. The van der Waals surface area contributed by atoms with Crippen LogP contribution in [0.25, 0.3) is 11.1 Å². The standard InChI is InChI=1S/C17H20F3N3O3/c1-10-8-12(17(18,19)20)14-15(22-26-16(14)21-10)11-4-3-6-23(9-11)13(24)5-7-25-2/h8,11H,3-7,9H2,1-2H3. The maximum absolute atomic E-state index is 13.5. The van der Waals surface area contributed by atoms with Crippen molar-refractivity contribution in [2.24, 2.45) is 0 Å². The Hall–Kier alpha value is -2.16. The zero-order valence-electron chi connectivity index (χ0n) is 14.6. The van der Waals surface area contributed by atoms with E-state index in [0.717, 1.165) is 6.07 Å². The predicted molar refractivity (Wildman–Crippen MR) is 86.6 cm³/mol. The minimum Gasteiger partial charge on any atom is -0.384 e. The van der Waals surface area contributed by atoms with Crippen LogP contribution >= 0.6 is 0 Å². The van der Waals surface area contributed by atoms with Crippen LogP contribution in [0.2, 0.25) is 0 Å². The summed E-state index contributed by atoms with van der Waals surface area (Å²) in [4.78, 5) is 17.9. The number of piperidine rings is 1. The Morgan fingerprint density at radius 3 is 2.92 bits per heavy atom. The molecule has 0 aromatic carbocycles. The summed E-state index contributed by atoms with van der Waals surface area (Å²) in [5.74, 6) is -0.392. The van der Waals surface area contributed by atoms with Gasteiger partial charge in [-0.15, -0.1) is 0 Å². The molecule has 6 nitrogen and oxygen atoms in total. The maximum Gasteiger partial charge on any atom is 0.417 e. The van der Waals surface area contributed by atoms with Gasteiger partial charge < -0.3 is 14.2 Å². The highest BCUT2D eigenvalue weighted by Crippen LogP contribution is 2.39. The van der Waals surface area contributed by atoms with Gasteiger partial charge in [-0.25, -0.2) is 4.98 Å². The van der Waals surface area contributed by atoms with Crippen molar-refractivity contribution in [1.29, 1.82) is 0 Å². The van der Waals surface area contributed by atoms with Gasteiger partial charge in [0, 0.05) is 31.8 Å². The Morgan fingerprint density at radius 2 is 2.23 bits per heavy atom. The van der Waals surface area contributed by atoms with Crippen LogP contribution < -0.4 is 0 Å². The normalized spacial score (nSPS) is 18.5. The fraction of sp³-hybridized carbons (Fsp3) is 0.588. The summed E-state index contributed by atoms with van der Waals surface area (Å²) >= 11 is 0. The van der Waals surface area contributed by atoms with Crippen LogP contribution in [0.3, 0.4) is 0 Å². The van der Waals surface area contributed by atoms with Crippen molar-refractivity contribution in [3.8, 4) is 0 Å². The number of likely N-dealkylation sites (tertiary alicyclic amines) is 1. The summed E-state index contributed by atoms with van der Waals surface area (Å²) in [6.07, 6.45) is -2.95. The van der Waals surface area contributed by atoms with Gasteiger partial charge in [0.05, 0.1) is 29.7 Å². The van der Waals surface area contributed by atoms with E-state index in [4.69, 9.17) is 9.26 Å². The van der Waals surface area contributed by atoms with Gasteiger partial charge >= 0.3 is 6.18 Å². The number of carbonyl (C=O) groups is 1. The molecule has 1 atom stereocenters. The molecule has 2 aromatic rings. The van der Waals surface area contributed by atoms with Gasteiger partial charge in [-0.2, -0.15) is 13.2 Å². The van der Waals surface area contributed by atoms with Gasteiger partial charge in [0.2, 0.25) is 5.91 Å². The zero-order valence-corrected chi connectivity index (χ0v) is 14.6. The van der Waals surface area contributed by atoms with E-state index in [1.165, 1.54) is 14.0 Å². The van der Waals surface area contributed by atoms with Gasteiger partial charge in [0.1, 0.15) is 0 Å². The molecule has 9 heteroatoms. The molecule has 1 fully saturated rings. The second kappa shape index (κ2) is 7.22. The smallest absolute Gasteiger partial charge is 0.384 e. The molecule has 3 heterocycles. The van der Waals surface area contributed by atoms with E-state index in [0.29, 0.717) is 32.5 Å². The lowest BCUT2D eigenvalue weighted by atomic mass is 9.91. The highest BCUT2D eigenvalue weighted by Gasteiger charge is 2.38. The van der Waals surface area contributed by atoms with Gasteiger partial charge in [-0.05, 0) is 25.8 Å². The number of rotatable bonds is 4. The first kappa shape index (κ1) is 18.6. The molecule has 142 valence electrons. The summed E-state index contributed by atoms with van der Waals surface area (Å²) in [6.45, 7) is 2.69. The minimum atomic E-state index is -4.53. The Balaban J connectivity index is 1.94. The summed E-state index contributed by atoms with van der Waals surface area (Å²) in [5.41, 5.74) is -0.467. The molecule has 26 heavy (non-hydrogen) atoms. The molecule has 0 N–H and O–H groups in total. The average molecular weight is 371 g/mol. The molecule has 0 radical (unpaired) electrons. The number of nitrogens with zero attached hydrogens (tertiary/aromatic N) is 3. The van der Waals surface area contributed by atoms with Crippen molar-refractivity contribution >= 4 is 17.0 Å². The van der Waals surface area contributed by atoms with Crippen LogP contribution in [0.15, 0.2) is 10.6 Å². The van der Waals surface area contributed by atoms with Crippen molar-refractivity contribution in [3.05, 3.63) is 23.0 Å². The minimum absolute atomic E-state index is 0.0747. The molecular formula is C17H20F3N3O3. The van der Waals surface area contributed by atoms with E-state index in [-0.39, 0.29) is 40.7 Å². The lowest BCUT2D eigenvalue weighted by Gasteiger charge is -2.32. The number of carbonyl (C=O) groups excluding carboxylic acids is 1.